The molecule has 0 amide bonds. The Morgan fingerprint density at radius 1 is 1.57 bits per heavy atom. The zero-order chi connectivity index (χ0) is 10.1. The van der Waals surface area contributed by atoms with Crippen molar-refractivity contribution in [3.63, 3.8) is 0 Å². The predicted molar refractivity (Wildman–Crippen MR) is 50.0 cm³/mol. The van der Waals surface area contributed by atoms with Crippen molar-refractivity contribution in [1.82, 2.24) is 15.2 Å². The fraction of sp³-hybridized carbons (Fsp3) is 0.222. The molecular formula is C9H9N3O2. The maximum absolute atomic E-state index is 11.3. The number of H-pyrrole nitrogens is 1. The first-order valence-electron chi connectivity index (χ1n) is 4.11. The minimum absolute atomic E-state index is 0.346. The molecule has 0 aliphatic heterocycles. The lowest BCUT2D eigenvalue weighted by Gasteiger charge is -1.95. The van der Waals surface area contributed by atoms with Crippen molar-refractivity contribution in [1.29, 1.82) is 0 Å². The highest BCUT2D eigenvalue weighted by Crippen LogP contribution is 2.15. The Morgan fingerprint density at radius 2 is 2.36 bits per heavy atom. The number of aromatic amines is 1. The lowest BCUT2D eigenvalue weighted by atomic mass is 10.2. The van der Waals surface area contributed by atoms with Gasteiger partial charge in [-0.25, -0.2) is 9.78 Å². The molecule has 0 aromatic carbocycles. The molecule has 0 unspecified atom stereocenters. The van der Waals surface area contributed by atoms with Crippen LogP contribution in [0.1, 0.15) is 16.1 Å². The molecule has 2 rings (SSSR count). The third-order valence-corrected chi connectivity index (χ3v) is 1.94. The zero-order valence-electron chi connectivity index (χ0n) is 7.87. The number of pyridine rings is 1. The van der Waals surface area contributed by atoms with Crippen LogP contribution in [-0.4, -0.2) is 28.3 Å². The van der Waals surface area contributed by atoms with Gasteiger partial charge in [-0.05, 0) is 18.6 Å². The van der Waals surface area contributed by atoms with Crippen LogP contribution in [0.4, 0.5) is 0 Å². The zero-order valence-corrected chi connectivity index (χ0v) is 7.87. The standard InChI is InChI=1S/C9H9N3O2/c1-5-3-6-7(9(13)14-2)11-12-8(6)10-4-5/h3-4H,1-2H3,(H,10,11,12). The molecule has 5 nitrogen and oxygen atoms in total. The number of nitrogens with zero attached hydrogens (tertiary/aromatic N) is 2. The average molecular weight is 191 g/mol. The van der Waals surface area contributed by atoms with E-state index in [1.54, 1.807) is 6.20 Å². The van der Waals surface area contributed by atoms with Gasteiger partial charge in [0.2, 0.25) is 0 Å². The number of carbonyl (C=O) groups is 1. The van der Waals surface area contributed by atoms with E-state index in [1.165, 1.54) is 7.11 Å². The van der Waals surface area contributed by atoms with Crippen molar-refractivity contribution < 1.29 is 9.53 Å². The number of fused-ring (bicyclic) bond motifs is 1. The van der Waals surface area contributed by atoms with Crippen LogP contribution in [0.5, 0.6) is 0 Å². The van der Waals surface area contributed by atoms with Crippen molar-refractivity contribution in [2.24, 2.45) is 0 Å². The van der Waals surface area contributed by atoms with Gasteiger partial charge in [0.05, 0.1) is 12.5 Å². The SMILES string of the molecule is COC(=O)c1[nH]nc2ncc(C)cc12. The van der Waals surface area contributed by atoms with Gasteiger partial charge in [-0.1, -0.05) is 0 Å². The molecule has 0 aliphatic carbocycles. The van der Waals surface area contributed by atoms with Crippen molar-refractivity contribution >= 4 is 17.0 Å². The summed E-state index contributed by atoms with van der Waals surface area (Å²) >= 11 is 0. The van der Waals surface area contributed by atoms with Gasteiger partial charge in [0.25, 0.3) is 0 Å². The van der Waals surface area contributed by atoms with E-state index in [4.69, 9.17) is 0 Å². The van der Waals surface area contributed by atoms with Crippen molar-refractivity contribution in [2.45, 2.75) is 6.92 Å². The van der Waals surface area contributed by atoms with Crippen molar-refractivity contribution in [2.75, 3.05) is 7.11 Å². The van der Waals surface area contributed by atoms with E-state index in [0.29, 0.717) is 16.7 Å². The predicted octanol–water partition coefficient (Wildman–Crippen LogP) is 1.05. The van der Waals surface area contributed by atoms with Crippen LogP contribution < -0.4 is 0 Å². The van der Waals surface area contributed by atoms with Crippen LogP contribution in [0.2, 0.25) is 0 Å². The summed E-state index contributed by atoms with van der Waals surface area (Å²) in [5.74, 6) is -0.431. The summed E-state index contributed by atoms with van der Waals surface area (Å²) in [5.41, 5.74) is 1.85. The van der Waals surface area contributed by atoms with E-state index in [9.17, 15) is 4.79 Å². The van der Waals surface area contributed by atoms with Crippen LogP contribution in [0, 0.1) is 6.92 Å². The van der Waals surface area contributed by atoms with Gasteiger partial charge in [0.1, 0.15) is 0 Å². The smallest absolute Gasteiger partial charge is 0.356 e. The lowest BCUT2D eigenvalue weighted by Crippen LogP contribution is -2.01. The van der Waals surface area contributed by atoms with Gasteiger partial charge >= 0.3 is 5.97 Å². The molecule has 2 aromatic heterocycles. The Bertz CT molecular complexity index is 490. The Morgan fingerprint density at radius 3 is 3.07 bits per heavy atom. The van der Waals surface area contributed by atoms with Crippen molar-refractivity contribution in [3.8, 4) is 0 Å². The molecule has 5 heteroatoms. The Balaban J connectivity index is 2.67. The summed E-state index contributed by atoms with van der Waals surface area (Å²) in [6.07, 6.45) is 1.70. The highest BCUT2D eigenvalue weighted by Gasteiger charge is 2.13. The molecule has 0 bridgehead atoms. The van der Waals surface area contributed by atoms with Crippen molar-refractivity contribution in [3.05, 3.63) is 23.5 Å². The maximum atomic E-state index is 11.3. The third kappa shape index (κ3) is 1.22. The largest absolute Gasteiger partial charge is 0.464 e. The summed E-state index contributed by atoms with van der Waals surface area (Å²) in [6.45, 7) is 1.90. The number of ether oxygens (including phenoxy) is 1. The molecule has 0 spiro atoms. The molecular weight excluding hydrogens is 182 g/mol. The van der Waals surface area contributed by atoms with Crippen LogP contribution >= 0.6 is 0 Å². The summed E-state index contributed by atoms with van der Waals surface area (Å²) in [4.78, 5) is 15.3. The Hall–Kier alpha value is -1.91. The topological polar surface area (TPSA) is 67.9 Å². The number of aryl methyl sites for hydroxylation is 1. The van der Waals surface area contributed by atoms with Crippen LogP contribution in [0.3, 0.4) is 0 Å². The number of hydrogen-bond acceptors (Lipinski definition) is 4. The second kappa shape index (κ2) is 3.10. The number of rotatable bonds is 1. The van der Waals surface area contributed by atoms with Gasteiger partial charge in [-0.3, -0.25) is 5.10 Å². The summed E-state index contributed by atoms with van der Waals surface area (Å²) in [5, 5.41) is 7.19. The van der Waals surface area contributed by atoms with Gasteiger partial charge in [-0.15, -0.1) is 0 Å². The second-order valence-electron chi connectivity index (χ2n) is 2.97. The first-order valence-corrected chi connectivity index (χ1v) is 4.11. The number of methoxy groups -OCH3 is 1. The average Bonchev–Trinajstić information content (AvgIpc) is 2.59. The van der Waals surface area contributed by atoms with E-state index in [-0.39, 0.29) is 0 Å². The summed E-state index contributed by atoms with van der Waals surface area (Å²) < 4.78 is 4.60. The summed E-state index contributed by atoms with van der Waals surface area (Å²) in [6, 6.07) is 1.85. The van der Waals surface area contributed by atoms with Gasteiger partial charge in [0.15, 0.2) is 11.3 Å². The lowest BCUT2D eigenvalue weighted by molar-refractivity contribution is 0.0596. The highest BCUT2D eigenvalue weighted by atomic mass is 16.5. The quantitative estimate of drug-likeness (QED) is 0.684. The molecule has 2 heterocycles. The molecule has 0 atom stereocenters. The minimum Gasteiger partial charge on any atom is -0.464 e. The number of nitrogens with one attached hydrogen (secondary N) is 1. The fourth-order valence-corrected chi connectivity index (χ4v) is 1.26. The van der Waals surface area contributed by atoms with Crippen LogP contribution in [-0.2, 0) is 4.74 Å². The molecule has 0 saturated carbocycles. The first-order chi connectivity index (χ1) is 6.72. The van der Waals surface area contributed by atoms with Gasteiger partial charge in [-0.2, -0.15) is 5.10 Å². The van der Waals surface area contributed by atoms with Gasteiger partial charge in [0, 0.05) is 6.20 Å². The Labute approximate surface area is 80.1 Å². The number of esters is 1. The molecule has 0 aliphatic rings. The van der Waals surface area contributed by atoms with E-state index in [1.807, 2.05) is 13.0 Å². The molecule has 0 radical (unpaired) electrons. The maximum Gasteiger partial charge on any atom is 0.356 e. The highest BCUT2D eigenvalue weighted by molar-refractivity contribution is 6.00. The second-order valence-corrected chi connectivity index (χ2v) is 2.97. The number of hydrogen-bond donors (Lipinski definition) is 1. The van der Waals surface area contributed by atoms with E-state index in [0.717, 1.165) is 5.56 Å². The fourth-order valence-electron chi connectivity index (χ4n) is 1.26. The van der Waals surface area contributed by atoms with E-state index >= 15 is 0 Å². The minimum atomic E-state index is -0.431. The molecule has 14 heavy (non-hydrogen) atoms. The van der Waals surface area contributed by atoms with E-state index < -0.39 is 5.97 Å². The number of aromatic nitrogens is 3. The van der Waals surface area contributed by atoms with Crippen LogP contribution in [0.15, 0.2) is 12.3 Å². The number of carbonyl (C=O) groups excluding carboxylic acids is 1. The Kier molecular flexibility index (Phi) is 1.92. The molecule has 1 N–H and O–H groups in total. The van der Waals surface area contributed by atoms with E-state index in [2.05, 4.69) is 19.9 Å². The monoisotopic (exact) mass is 191 g/mol. The van der Waals surface area contributed by atoms with Crippen LogP contribution in [0.25, 0.3) is 11.0 Å². The first kappa shape index (κ1) is 8.68. The summed E-state index contributed by atoms with van der Waals surface area (Å²) in [7, 11) is 1.33. The molecule has 72 valence electrons. The van der Waals surface area contributed by atoms with Gasteiger partial charge < -0.3 is 4.74 Å². The molecule has 0 fully saturated rings. The normalized spacial score (nSPS) is 10.4. The molecule has 2 aromatic rings. The third-order valence-electron chi connectivity index (χ3n) is 1.94. The molecule has 0 saturated heterocycles.